The maximum Gasteiger partial charge on any atom is 0.130 e. The van der Waals surface area contributed by atoms with E-state index in [4.69, 9.17) is 18.0 Å². The van der Waals surface area contributed by atoms with Crippen LogP contribution in [-0.2, 0) is 13.1 Å². The molecular weight excluding hydrogens is 304 g/mol. The van der Waals surface area contributed by atoms with Crippen LogP contribution in [0.1, 0.15) is 12.8 Å². The summed E-state index contributed by atoms with van der Waals surface area (Å²) in [5.41, 5.74) is 5.31. The van der Waals surface area contributed by atoms with Gasteiger partial charge in [0.15, 0.2) is 0 Å². The van der Waals surface area contributed by atoms with Crippen LogP contribution in [-0.4, -0.2) is 36.5 Å². The number of thiol groups is 1. The number of hydrogen-bond donors (Lipinski definition) is 3. The van der Waals surface area contributed by atoms with Crippen LogP contribution in [0, 0.1) is 0 Å². The highest BCUT2D eigenvalue weighted by Crippen LogP contribution is 1.89. The average molecular weight is 326 g/mol. The summed E-state index contributed by atoms with van der Waals surface area (Å²) < 4.78 is 4.61. The summed E-state index contributed by atoms with van der Waals surface area (Å²) in [7, 11) is 0. The average Bonchev–Trinajstić information content (AvgIpc) is 3.15. The predicted molar refractivity (Wildman–Crippen MR) is 92.3 cm³/mol. The van der Waals surface area contributed by atoms with Gasteiger partial charge in [-0.2, -0.15) is 0 Å². The summed E-state index contributed by atoms with van der Waals surface area (Å²) in [6.07, 6.45) is 13.1. The highest BCUT2D eigenvalue weighted by molar-refractivity contribution is 8.11. The van der Waals surface area contributed by atoms with Crippen molar-refractivity contribution in [1.29, 1.82) is 0 Å². The molecule has 0 spiro atoms. The molecule has 0 aromatic carbocycles. The zero-order valence-corrected chi connectivity index (χ0v) is 13.6. The van der Waals surface area contributed by atoms with E-state index in [1.807, 2.05) is 21.5 Å². The molecule has 2 aromatic rings. The minimum absolute atomic E-state index is 0.556. The van der Waals surface area contributed by atoms with Crippen molar-refractivity contribution in [2.45, 2.75) is 25.9 Å². The Bertz CT molecular complexity index is 469. The third-order valence-electron chi connectivity index (χ3n) is 2.61. The van der Waals surface area contributed by atoms with E-state index in [9.17, 15) is 0 Å². The molecule has 3 N–H and O–H groups in total. The van der Waals surface area contributed by atoms with Crippen LogP contribution in [0.4, 0.5) is 0 Å². The van der Waals surface area contributed by atoms with E-state index in [1.165, 1.54) is 0 Å². The zero-order valence-electron chi connectivity index (χ0n) is 11.9. The Kier molecular flexibility index (Phi) is 9.51. The van der Waals surface area contributed by atoms with E-state index < -0.39 is 0 Å². The summed E-state index contributed by atoms with van der Waals surface area (Å²) in [6, 6.07) is 0. The van der Waals surface area contributed by atoms with Crippen LogP contribution in [0.5, 0.6) is 0 Å². The third-order valence-corrected chi connectivity index (χ3v) is 2.91. The summed E-state index contributed by atoms with van der Waals surface area (Å²) in [6.45, 7) is 3.55. The van der Waals surface area contributed by atoms with Gasteiger partial charge >= 0.3 is 0 Å². The molecule has 0 saturated heterocycles. The summed E-state index contributed by atoms with van der Waals surface area (Å²) in [5.74, 6) is 0. The van der Waals surface area contributed by atoms with Crippen molar-refractivity contribution in [1.82, 2.24) is 24.4 Å². The molecule has 21 heavy (non-hydrogen) atoms. The van der Waals surface area contributed by atoms with Gasteiger partial charge < -0.3 is 20.2 Å². The molecular formula is C13H22N6S2. The Morgan fingerprint density at radius 3 is 2.10 bits per heavy atom. The largest absolute Gasteiger partial charge is 0.371 e. The molecule has 2 aromatic heterocycles. The van der Waals surface area contributed by atoms with Gasteiger partial charge in [0.2, 0.25) is 0 Å². The topological polar surface area (TPSA) is 73.7 Å². The lowest BCUT2D eigenvalue weighted by Crippen LogP contribution is -2.18. The maximum absolute atomic E-state index is 5.31. The Morgan fingerprint density at radius 1 is 1.10 bits per heavy atom. The van der Waals surface area contributed by atoms with Gasteiger partial charge in [-0.15, -0.1) is 12.6 Å². The van der Waals surface area contributed by atoms with Crippen molar-refractivity contribution in [2.24, 2.45) is 5.73 Å². The second kappa shape index (κ2) is 11.3. The van der Waals surface area contributed by atoms with E-state index in [0.29, 0.717) is 4.32 Å². The van der Waals surface area contributed by atoms with Gasteiger partial charge in [0.25, 0.3) is 0 Å². The first kappa shape index (κ1) is 17.7. The van der Waals surface area contributed by atoms with Crippen LogP contribution in [0.15, 0.2) is 37.4 Å². The fourth-order valence-electron chi connectivity index (χ4n) is 1.57. The van der Waals surface area contributed by atoms with Gasteiger partial charge in [0, 0.05) is 44.4 Å². The standard InChI is InChI=1S/C7H11N3S2.C6H11N3/c11-7(12)9-2-1-4-10-5-3-8-6-10;7-2-1-4-9-5-3-8-6-9/h3,5-6H,1-2,4H2,(H2,9,11,12);3,5-6H,1-2,4,7H2. The molecule has 8 heteroatoms. The van der Waals surface area contributed by atoms with Crippen LogP contribution < -0.4 is 11.1 Å². The monoisotopic (exact) mass is 326 g/mol. The van der Waals surface area contributed by atoms with Gasteiger partial charge in [-0.05, 0) is 19.4 Å². The zero-order chi connectivity index (χ0) is 15.3. The number of thiocarbonyl (C=S) groups is 1. The number of hydrogen-bond acceptors (Lipinski definition) is 4. The normalized spacial score (nSPS) is 9.81. The lowest BCUT2D eigenvalue weighted by molar-refractivity contribution is 0.633. The Morgan fingerprint density at radius 2 is 1.67 bits per heavy atom. The van der Waals surface area contributed by atoms with Crippen LogP contribution >= 0.6 is 24.8 Å². The fraction of sp³-hybridized carbons (Fsp3) is 0.462. The van der Waals surface area contributed by atoms with E-state index >= 15 is 0 Å². The van der Waals surface area contributed by atoms with Gasteiger partial charge in [-0.25, -0.2) is 9.97 Å². The highest BCUT2D eigenvalue weighted by atomic mass is 32.1. The molecule has 116 valence electrons. The molecule has 6 nitrogen and oxygen atoms in total. The number of rotatable bonds is 7. The molecule has 0 fully saturated rings. The van der Waals surface area contributed by atoms with Crippen molar-refractivity contribution in [3.8, 4) is 0 Å². The number of imidazole rings is 2. The third kappa shape index (κ3) is 9.22. The van der Waals surface area contributed by atoms with E-state index in [1.54, 1.807) is 25.0 Å². The van der Waals surface area contributed by atoms with E-state index in [-0.39, 0.29) is 0 Å². The lowest BCUT2D eigenvalue weighted by Gasteiger charge is -2.03. The molecule has 2 rings (SSSR count). The molecule has 0 aliphatic rings. The fourth-order valence-corrected chi connectivity index (χ4v) is 1.78. The minimum Gasteiger partial charge on any atom is -0.371 e. The van der Waals surface area contributed by atoms with Crippen molar-refractivity contribution < 1.29 is 0 Å². The predicted octanol–water partition coefficient (Wildman–Crippen LogP) is 1.31. The van der Waals surface area contributed by atoms with Gasteiger partial charge in [0.1, 0.15) is 4.32 Å². The summed E-state index contributed by atoms with van der Waals surface area (Å²) in [5, 5.41) is 2.97. The molecule has 0 aliphatic carbocycles. The summed E-state index contributed by atoms with van der Waals surface area (Å²) >= 11 is 8.69. The Hall–Kier alpha value is -1.38. The SMILES string of the molecule is NCCCn1ccnc1.S=C(S)NCCCn1ccnc1. The first-order valence-electron chi connectivity index (χ1n) is 6.80. The quantitative estimate of drug-likeness (QED) is 0.406. The van der Waals surface area contributed by atoms with Gasteiger partial charge in [0.05, 0.1) is 12.7 Å². The maximum atomic E-state index is 5.31. The molecule has 0 radical (unpaired) electrons. The molecule has 0 amide bonds. The number of nitrogens with zero attached hydrogens (tertiary/aromatic N) is 4. The second-order valence-electron chi connectivity index (χ2n) is 4.33. The number of nitrogens with one attached hydrogen (secondary N) is 1. The van der Waals surface area contributed by atoms with Crippen LogP contribution in [0.2, 0.25) is 0 Å². The molecule has 0 bridgehead atoms. The second-order valence-corrected chi connectivity index (χ2v) is 5.49. The lowest BCUT2D eigenvalue weighted by atomic mass is 10.4. The van der Waals surface area contributed by atoms with E-state index in [2.05, 4.69) is 27.9 Å². The van der Waals surface area contributed by atoms with Crippen molar-refractivity contribution >= 4 is 29.2 Å². The minimum atomic E-state index is 0.556. The Labute approximate surface area is 136 Å². The van der Waals surface area contributed by atoms with Crippen LogP contribution in [0.25, 0.3) is 0 Å². The number of aryl methyl sites for hydroxylation is 2. The first-order valence-corrected chi connectivity index (χ1v) is 7.66. The van der Waals surface area contributed by atoms with Gasteiger partial charge in [-0.3, -0.25) is 0 Å². The summed E-state index contributed by atoms with van der Waals surface area (Å²) in [4.78, 5) is 7.83. The van der Waals surface area contributed by atoms with Gasteiger partial charge in [-0.1, -0.05) is 12.2 Å². The molecule has 2 heterocycles. The van der Waals surface area contributed by atoms with Crippen molar-refractivity contribution in [2.75, 3.05) is 13.1 Å². The number of nitrogens with two attached hydrogens (primary N) is 1. The van der Waals surface area contributed by atoms with Crippen molar-refractivity contribution in [3.63, 3.8) is 0 Å². The van der Waals surface area contributed by atoms with Crippen molar-refractivity contribution in [3.05, 3.63) is 37.4 Å². The van der Waals surface area contributed by atoms with Crippen LogP contribution in [0.3, 0.4) is 0 Å². The highest BCUT2D eigenvalue weighted by Gasteiger charge is 1.90. The molecule has 0 atom stereocenters. The number of aromatic nitrogens is 4. The molecule has 0 aliphatic heterocycles. The first-order chi connectivity index (χ1) is 10.2. The Balaban J connectivity index is 0.000000219. The molecule has 0 unspecified atom stereocenters. The molecule has 0 saturated carbocycles. The van der Waals surface area contributed by atoms with E-state index in [0.717, 1.165) is 39.0 Å². The smallest absolute Gasteiger partial charge is 0.130 e.